The molecule has 1 N–H and O–H groups in total. The minimum absolute atomic E-state index is 0.108. The summed E-state index contributed by atoms with van der Waals surface area (Å²) in [7, 11) is 0. The number of ether oxygens (including phenoxy) is 1. The molecular formula is C15H14I2N2O4S. The van der Waals surface area contributed by atoms with E-state index in [0.29, 0.717) is 18.9 Å². The van der Waals surface area contributed by atoms with Gasteiger partial charge in [0.15, 0.2) is 0 Å². The molecule has 1 heterocycles. The number of aryl methyl sites for hydroxylation is 1. The maximum atomic E-state index is 11.5. The van der Waals surface area contributed by atoms with E-state index in [1.807, 2.05) is 26.0 Å². The summed E-state index contributed by atoms with van der Waals surface area (Å²) < 4.78 is 12.8. The van der Waals surface area contributed by atoms with Gasteiger partial charge in [-0.1, -0.05) is 6.92 Å². The zero-order valence-corrected chi connectivity index (χ0v) is 18.0. The standard InChI is InChI=1S/C15H14I2N2O4S/c1-3-12-18-19-15(23-12)24-11(14(20)21)7-8-5-9(16)13(22-4-2)10(17)6-8/h5-7H,3-4H2,1-2H3,(H,20,21)/b11-7-. The van der Waals surface area contributed by atoms with Gasteiger partial charge in [-0.2, -0.15) is 0 Å². The molecule has 2 rings (SSSR count). The lowest BCUT2D eigenvalue weighted by molar-refractivity contribution is -0.131. The van der Waals surface area contributed by atoms with E-state index in [0.717, 1.165) is 30.2 Å². The fourth-order valence-corrected chi connectivity index (χ4v) is 4.57. The van der Waals surface area contributed by atoms with Gasteiger partial charge in [-0.3, -0.25) is 0 Å². The van der Waals surface area contributed by atoms with Gasteiger partial charge in [-0.05, 0) is 87.6 Å². The van der Waals surface area contributed by atoms with Crippen LogP contribution in [0.4, 0.5) is 0 Å². The number of rotatable bonds is 7. The van der Waals surface area contributed by atoms with Gasteiger partial charge < -0.3 is 14.3 Å². The van der Waals surface area contributed by atoms with Crippen LogP contribution < -0.4 is 4.74 Å². The molecular weight excluding hydrogens is 558 g/mol. The number of aliphatic carboxylic acids is 1. The average molecular weight is 572 g/mol. The Morgan fingerprint density at radius 1 is 1.33 bits per heavy atom. The topological polar surface area (TPSA) is 85.5 Å². The molecule has 0 aliphatic rings. The second-order valence-electron chi connectivity index (χ2n) is 4.48. The third-order valence-corrected chi connectivity index (χ3v) is 5.22. The van der Waals surface area contributed by atoms with Gasteiger partial charge in [0.05, 0.1) is 13.7 Å². The first-order valence-electron chi connectivity index (χ1n) is 7.01. The quantitative estimate of drug-likeness (QED) is 0.298. The van der Waals surface area contributed by atoms with Crippen molar-refractivity contribution in [2.45, 2.75) is 25.5 Å². The van der Waals surface area contributed by atoms with Crippen molar-refractivity contribution >= 4 is 69.0 Å². The first-order valence-corrected chi connectivity index (χ1v) is 9.99. The summed E-state index contributed by atoms with van der Waals surface area (Å²) in [4.78, 5) is 11.6. The summed E-state index contributed by atoms with van der Waals surface area (Å²) in [5.74, 6) is 0.243. The van der Waals surface area contributed by atoms with Crippen LogP contribution in [0.15, 0.2) is 26.7 Å². The molecule has 0 amide bonds. The highest BCUT2D eigenvalue weighted by Crippen LogP contribution is 2.32. The van der Waals surface area contributed by atoms with E-state index in [1.54, 1.807) is 6.08 Å². The number of hydrogen-bond donors (Lipinski definition) is 1. The summed E-state index contributed by atoms with van der Waals surface area (Å²) in [5.41, 5.74) is 0.771. The Balaban J connectivity index is 2.32. The van der Waals surface area contributed by atoms with E-state index in [9.17, 15) is 9.90 Å². The molecule has 1 aromatic heterocycles. The van der Waals surface area contributed by atoms with Crippen molar-refractivity contribution in [1.29, 1.82) is 0 Å². The van der Waals surface area contributed by atoms with Crippen molar-refractivity contribution < 1.29 is 19.1 Å². The molecule has 0 aliphatic heterocycles. The van der Waals surface area contributed by atoms with Crippen molar-refractivity contribution in [3.05, 3.63) is 35.6 Å². The highest BCUT2D eigenvalue weighted by atomic mass is 127. The molecule has 0 saturated heterocycles. The number of nitrogens with zero attached hydrogens (tertiary/aromatic N) is 2. The Hall–Kier alpha value is -0.820. The number of thioether (sulfide) groups is 1. The third-order valence-electron chi connectivity index (χ3n) is 2.77. The van der Waals surface area contributed by atoms with E-state index in [4.69, 9.17) is 9.15 Å². The van der Waals surface area contributed by atoms with E-state index in [1.165, 1.54) is 0 Å². The summed E-state index contributed by atoms with van der Waals surface area (Å²) in [6.07, 6.45) is 2.19. The Morgan fingerprint density at radius 3 is 2.50 bits per heavy atom. The number of aromatic nitrogens is 2. The highest BCUT2D eigenvalue weighted by Gasteiger charge is 2.16. The molecule has 0 saturated carbocycles. The molecule has 0 radical (unpaired) electrons. The molecule has 2 aromatic rings. The molecule has 0 unspecified atom stereocenters. The van der Waals surface area contributed by atoms with Crippen molar-refractivity contribution in [3.8, 4) is 5.75 Å². The fourth-order valence-electron chi connectivity index (χ4n) is 1.75. The minimum Gasteiger partial charge on any atom is -0.492 e. The van der Waals surface area contributed by atoms with Gasteiger partial charge in [0.2, 0.25) is 5.89 Å². The van der Waals surface area contributed by atoms with Gasteiger partial charge in [0, 0.05) is 6.42 Å². The minimum atomic E-state index is -1.05. The maximum absolute atomic E-state index is 11.5. The second-order valence-corrected chi connectivity index (χ2v) is 7.80. The molecule has 0 fully saturated rings. The third kappa shape index (κ3) is 5.09. The zero-order valence-electron chi connectivity index (χ0n) is 12.9. The van der Waals surface area contributed by atoms with E-state index in [-0.39, 0.29) is 10.1 Å². The van der Waals surface area contributed by atoms with Crippen molar-refractivity contribution in [3.63, 3.8) is 0 Å². The molecule has 6 nitrogen and oxygen atoms in total. The molecule has 24 heavy (non-hydrogen) atoms. The van der Waals surface area contributed by atoms with E-state index >= 15 is 0 Å². The molecule has 0 bridgehead atoms. The number of carboxylic acid groups (broad SMARTS) is 1. The smallest absolute Gasteiger partial charge is 0.342 e. The van der Waals surface area contributed by atoms with Crippen molar-refractivity contribution in [1.82, 2.24) is 10.2 Å². The monoisotopic (exact) mass is 572 g/mol. The van der Waals surface area contributed by atoms with Gasteiger partial charge in [0.1, 0.15) is 10.7 Å². The number of carbonyl (C=O) groups is 1. The van der Waals surface area contributed by atoms with Crippen molar-refractivity contribution in [2.75, 3.05) is 6.61 Å². The van der Waals surface area contributed by atoms with Crippen LogP contribution in [0.25, 0.3) is 6.08 Å². The molecule has 128 valence electrons. The predicted octanol–water partition coefficient (Wildman–Crippen LogP) is 4.46. The normalized spacial score (nSPS) is 11.6. The van der Waals surface area contributed by atoms with E-state index in [2.05, 4.69) is 55.4 Å². The van der Waals surface area contributed by atoms with Crippen LogP contribution in [0.1, 0.15) is 25.3 Å². The van der Waals surface area contributed by atoms with Crippen LogP contribution >= 0.6 is 56.9 Å². The Bertz CT molecular complexity index is 754. The zero-order chi connectivity index (χ0) is 17.7. The summed E-state index contributed by atoms with van der Waals surface area (Å²) in [6, 6.07) is 3.75. The average Bonchev–Trinajstić information content (AvgIpc) is 2.98. The molecule has 1 aromatic carbocycles. The van der Waals surface area contributed by atoms with Gasteiger partial charge in [-0.25, -0.2) is 4.79 Å². The van der Waals surface area contributed by atoms with Crippen molar-refractivity contribution in [2.24, 2.45) is 0 Å². The first-order chi connectivity index (χ1) is 11.4. The highest BCUT2D eigenvalue weighted by molar-refractivity contribution is 14.1. The summed E-state index contributed by atoms with van der Waals surface area (Å²) in [5, 5.41) is 17.3. The van der Waals surface area contributed by atoms with Crippen LogP contribution in [0.5, 0.6) is 5.75 Å². The van der Waals surface area contributed by atoms with Gasteiger partial charge >= 0.3 is 5.97 Å². The lowest BCUT2D eigenvalue weighted by Gasteiger charge is -2.09. The summed E-state index contributed by atoms with van der Waals surface area (Å²) >= 11 is 5.29. The molecule has 0 spiro atoms. The van der Waals surface area contributed by atoms with E-state index < -0.39 is 5.97 Å². The number of carboxylic acids is 1. The Labute approximate surface area is 170 Å². The second kappa shape index (κ2) is 9.04. The van der Waals surface area contributed by atoms with Gasteiger partial charge in [0.25, 0.3) is 5.22 Å². The van der Waals surface area contributed by atoms with Crippen LogP contribution in [0, 0.1) is 7.14 Å². The number of benzene rings is 1. The predicted molar refractivity (Wildman–Crippen MR) is 108 cm³/mol. The van der Waals surface area contributed by atoms with Crippen LogP contribution in [-0.4, -0.2) is 27.9 Å². The van der Waals surface area contributed by atoms with Gasteiger partial charge in [-0.15, -0.1) is 10.2 Å². The largest absolute Gasteiger partial charge is 0.492 e. The number of hydrogen-bond acceptors (Lipinski definition) is 6. The maximum Gasteiger partial charge on any atom is 0.342 e. The Kier molecular flexibility index (Phi) is 7.34. The summed E-state index contributed by atoms with van der Waals surface area (Å²) in [6.45, 7) is 4.39. The lowest BCUT2D eigenvalue weighted by atomic mass is 10.2. The lowest BCUT2D eigenvalue weighted by Crippen LogP contribution is -1.99. The van der Waals surface area contributed by atoms with Crippen LogP contribution in [0.3, 0.4) is 0 Å². The number of halogens is 2. The fraction of sp³-hybridized carbons (Fsp3) is 0.267. The molecule has 0 atom stereocenters. The first kappa shape index (κ1) is 19.5. The molecule has 9 heteroatoms. The molecule has 0 aliphatic carbocycles. The SMILES string of the molecule is CCOc1c(I)cc(/C=C(\Sc2nnc(CC)o2)C(=O)O)cc1I. The Morgan fingerprint density at radius 2 is 2.00 bits per heavy atom. The van der Waals surface area contributed by atoms with Crippen LogP contribution in [-0.2, 0) is 11.2 Å². The van der Waals surface area contributed by atoms with Crippen LogP contribution in [0.2, 0.25) is 0 Å².